The predicted molar refractivity (Wildman–Crippen MR) is 239 cm³/mol. The van der Waals surface area contributed by atoms with Crippen LogP contribution in [0.5, 0.6) is 17.2 Å². The van der Waals surface area contributed by atoms with Crippen LogP contribution in [0.25, 0.3) is 33.3 Å². The van der Waals surface area contributed by atoms with E-state index in [4.69, 9.17) is 23.6 Å². The Morgan fingerprint density at radius 2 is 1.59 bits per heavy atom. The average molecular weight is 887 g/mol. The van der Waals surface area contributed by atoms with Gasteiger partial charge in [-0.1, -0.05) is 45.9 Å². The number of phenols is 2. The quantitative estimate of drug-likeness (QED) is 0.112. The highest BCUT2D eigenvalue weighted by Gasteiger charge is 2.50. The smallest absolute Gasteiger partial charge is 0.312 e. The molecule has 0 spiro atoms. The van der Waals surface area contributed by atoms with Gasteiger partial charge < -0.3 is 59.5 Å². The minimum absolute atomic E-state index is 0.0292. The van der Waals surface area contributed by atoms with E-state index in [-0.39, 0.29) is 73.8 Å². The van der Waals surface area contributed by atoms with Crippen LogP contribution < -0.4 is 20.4 Å². The minimum atomic E-state index is -2.06. The molecule has 0 radical (unpaired) electrons. The third kappa shape index (κ3) is 8.20. The molecule has 0 aromatic heterocycles. The van der Waals surface area contributed by atoms with Crippen molar-refractivity contribution in [3.05, 3.63) is 69.6 Å². The zero-order chi connectivity index (χ0) is 46.5. The number of piperazine rings is 1. The summed E-state index contributed by atoms with van der Waals surface area (Å²) in [5, 5.41) is 68.9. The maximum Gasteiger partial charge on any atom is 0.312 e. The molecule has 2 aromatic carbocycles. The lowest BCUT2D eigenvalue weighted by Gasteiger charge is -2.36. The van der Waals surface area contributed by atoms with Gasteiger partial charge in [-0.05, 0) is 19.9 Å². The number of benzene rings is 3. The molecule has 64 heavy (non-hydrogen) atoms. The number of rotatable bonds is 4. The van der Waals surface area contributed by atoms with E-state index in [1.807, 2.05) is 4.90 Å². The average Bonchev–Trinajstić information content (AvgIpc) is 3.54. The normalized spacial score (nSPS) is 30.6. The second-order valence-corrected chi connectivity index (χ2v) is 17.5. The fourth-order valence-corrected chi connectivity index (χ4v) is 9.04. The molecule has 7 N–H and O–H groups in total. The Labute approximate surface area is 370 Å². The van der Waals surface area contributed by atoms with Gasteiger partial charge in [0, 0.05) is 105 Å². The molecule has 1 amide bonds. The van der Waals surface area contributed by atoms with Crippen LogP contribution in [0.15, 0.2) is 57.5 Å². The van der Waals surface area contributed by atoms with E-state index in [1.165, 1.54) is 52.4 Å². The number of fused-ring (bicyclic) bond motifs is 2. The van der Waals surface area contributed by atoms with Gasteiger partial charge >= 0.3 is 5.79 Å². The Morgan fingerprint density at radius 1 is 0.922 bits per heavy atom. The number of hydrogen-bond acceptors (Lipinski definition) is 16. The first kappa shape index (κ1) is 46.4. The molecule has 1 fully saturated rings. The number of β-amino-alcohol motifs (C(OH)–C–C–N with tert-alkyl or cyclic N) is 1. The Morgan fingerprint density at radius 3 is 2.27 bits per heavy atom. The molecule has 17 heteroatoms. The Hall–Kier alpha value is -5.56. The van der Waals surface area contributed by atoms with Crippen LogP contribution >= 0.6 is 0 Å². The van der Waals surface area contributed by atoms with Crippen molar-refractivity contribution < 1.29 is 58.9 Å². The zero-order valence-electron chi connectivity index (χ0n) is 37.3. The molecule has 1 saturated heterocycles. The van der Waals surface area contributed by atoms with E-state index >= 15 is 0 Å². The number of methoxy groups -OCH3 is 1. The van der Waals surface area contributed by atoms with Crippen LogP contribution in [0.1, 0.15) is 57.5 Å². The first-order valence-corrected chi connectivity index (χ1v) is 21.6. The molecule has 17 nitrogen and oxygen atoms in total. The molecule has 7 rings (SSSR count). The summed E-state index contributed by atoms with van der Waals surface area (Å²) in [5.74, 6) is -7.22. The van der Waals surface area contributed by atoms with Crippen molar-refractivity contribution in [1.29, 1.82) is 0 Å². The third-order valence-corrected chi connectivity index (χ3v) is 13.3. The highest BCUT2D eigenvalue weighted by molar-refractivity contribution is 6.22. The molecule has 0 unspecified atom stereocenters. The second kappa shape index (κ2) is 18.1. The van der Waals surface area contributed by atoms with Crippen LogP contribution in [0.2, 0.25) is 0 Å². The maximum atomic E-state index is 14.8. The summed E-state index contributed by atoms with van der Waals surface area (Å²) in [6.45, 7) is 14.2. The lowest BCUT2D eigenvalue weighted by atomic mass is 9.78. The monoisotopic (exact) mass is 886 g/mol. The van der Waals surface area contributed by atoms with Crippen LogP contribution in [0.4, 0.5) is 11.4 Å². The van der Waals surface area contributed by atoms with E-state index in [0.717, 1.165) is 0 Å². The molecule has 4 aliphatic heterocycles. The number of nitrogens with zero attached hydrogens (tertiary/aromatic N) is 3. The standard InChI is InChI=1S/C47H58N4O13/c1-22-10-9-11-23(2)46(60)49-37-42(58)33-32(36-44(37)63-31-21-28(20-29(53)35(31)48-36)51-15-13-50(14-16-51)17-18-52)34-43(27(6)41(33)57)64-47(7,45(34)59)62-19-12-30(61-8)24(3)39(55)26(5)40(56)25(4)38(22)54/h9-12,19-22,24-26,30,38-40,52-57H,13-18H2,1-8H3,(H,49,60)/b10-9+,19-12+,23-11-/t22-,24+,25+,26-,30-,38-,39+,40+,47-/m0/s1. The number of aliphatic hydroxyl groups is 4. The summed E-state index contributed by atoms with van der Waals surface area (Å²) in [6.07, 6.45) is 3.32. The van der Waals surface area contributed by atoms with Gasteiger partial charge in [0.1, 0.15) is 34.1 Å². The number of aromatic nitrogens is 1. The van der Waals surface area contributed by atoms with Crippen LogP contribution in [-0.2, 0) is 14.3 Å². The van der Waals surface area contributed by atoms with Crippen molar-refractivity contribution in [1.82, 2.24) is 9.88 Å². The number of aliphatic hydroxyl groups excluding tert-OH is 4. The van der Waals surface area contributed by atoms with Gasteiger partial charge in [-0.25, -0.2) is 4.98 Å². The number of ketones is 1. The van der Waals surface area contributed by atoms with Gasteiger partial charge in [0.05, 0.1) is 48.2 Å². The lowest BCUT2D eigenvalue weighted by Crippen LogP contribution is -2.47. The maximum absolute atomic E-state index is 14.8. The molecule has 9 atom stereocenters. The van der Waals surface area contributed by atoms with Gasteiger partial charge in [0.2, 0.25) is 5.43 Å². The van der Waals surface area contributed by atoms with Crippen molar-refractivity contribution in [3.63, 3.8) is 0 Å². The Bertz CT molecular complexity index is 2580. The molecular weight excluding hydrogens is 829 g/mol. The number of carbonyl (C=O) groups excluding carboxylic acids is 2. The van der Waals surface area contributed by atoms with Crippen molar-refractivity contribution in [2.45, 2.75) is 78.7 Å². The van der Waals surface area contributed by atoms with E-state index in [1.54, 1.807) is 45.9 Å². The summed E-state index contributed by atoms with van der Waals surface area (Å²) in [7, 11) is 1.43. The topological polar surface area (TPSA) is 245 Å². The van der Waals surface area contributed by atoms with Crippen molar-refractivity contribution in [2.75, 3.05) is 56.7 Å². The van der Waals surface area contributed by atoms with Crippen LogP contribution in [0.3, 0.4) is 0 Å². The number of Topliss-reactive ketones (excluding diaryl/α,β-unsaturated/α-hetero) is 1. The second-order valence-electron chi connectivity index (χ2n) is 17.5. The first-order chi connectivity index (χ1) is 30.3. The van der Waals surface area contributed by atoms with Gasteiger partial charge in [0.25, 0.3) is 11.7 Å². The van der Waals surface area contributed by atoms with Gasteiger partial charge in [-0.2, -0.15) is 0 Å². The molecule has 0 saturated carbocycles. The highest BCUT2D eigenvalue weighted by Crippen LogP contribution is 2.51. The van der Waals surface area contributed by atoms with Crippen molar-refractivity contribution >= 4 is 44.9 Å². The number of hydrogen-bond donors (Lipinski definition) is 7. The van der Waals surface area contributed by atoms with E-state index in [0.29, 0.717) is 38.4 Å². The van der Waals surface area contributed by atoms with Crippen molar-refractivity contribution in [2.24, 2.45) is 23.7 Å². The predicted octanol–water partition coefficient (Wildman–Crippen LogP) is 4.20. The Kier molecular flexibility index (Phi) is 13.2. The molecule has 344 valence electrons. The molecule has 4 bridgehead atoms. The number of ether oxygens (including phenoxy) is 3. The first-order valence-electron chi connectivity index (χ1n) is 21.6. The van der Waals surface area contributed by atoms with E-state index < -0.39 is 76.7 Å². The number of anilines is 2. The summed E-state index contributed by atoms with van der Waals surface area (Å²) >= 11 is 0. The van der Waals surface area contributed by atoms with Crippen LogP contribution in [-0.4, -0.2) is 129 Å². The lowest BCUT2D eigenvalue weighted by molar-refractivity contribution is -0.112. The number of aromatic hydroxyl groups is 2. The summed E-state index contributed by atoms with van der Waals surface area (Å²) in [5.41, 5.74) is -0.789. The van der Waals surface area contributed by atoms with Gasteiger partial charge in [-0.15, -0.1) is 0 Å². The fourth-order valence-electron chi connectivity index (χ4n) is 9.04. The number of carbonyl (C=O) groups is 2. The molecule has 1 aliphatic carbocycles. The highest BCUT2D eigenvalue weighted by atomic mass is 16.7. The fraction of sp³-hybridized carbons (Fsp3) is 0.489. The number of allylic oxidation sites excluding steroid dienone is 2. The SMILES string of the molecule is CO[C@H]1/C=C/O[C@@]2(C)Oc3c(C)c(O)c4c(=O)c(c5oc6cc(N7CCN(CCO)CC7)cc(O)c6nc-5c4c3C2=O)NC(=O)/C(C)=C\C=C\[C@H](C)[C@H](O)[C@@H](C)[C@@H](O)[C@@H](C)[C@H](O)[C@@H]1C. The summed E-state index contributed by atoms with van der Waals surface area (Å²) in [4.78, 5) is 52.3. The van der Waals surface area contributed by atoms with Crippen LogP contribution in [0, 0.1) is 30.6 Å². The van der Waals surface area contributed by atoms with Gasteiger partial charge in [-0.3, -0.25) is 19.3 Å². The Balaban J connectivity index is 1.43. The van der Waals surface area contributed by atoms with Crippen molar-refractivity contribution in [3.8, 4) is 28.7 Å². The molecular formula is C47H58N4O13. The minimum Gasteiger partial charge on any atom is -0.507 e. The van der Waals surface area contributed by atoms with E-state index in [9.17, 15) is 45.0 Å². The summed E-state index contributed by atoms with van der Waals surface area (Å²) in [6, 6.07) is 3.19. The third-order valence-electron chi connectivity index (χ3n) is 13.3. The molecule has 5 aliphatic rings. The molecule has 4 heterocycles. The molecule has 2 aromatic rings. The summed E-state index contributed by atoms with van der Waals surface area (Å²) < 4.78 is 24.4. The van der Waals surface area contributed by atoms with Gasteiger partial charge in [0.15, 0.2) is 11.3 Å². The largest absolute Gasteiger partial charge is 0.507 e. The number of nitrogens with one attached hydrogen (secondary N) is 1. The zero-order valence-corrected chi connectivity index (χ0v) is 37.3. The number of phenolic OH excluding ortho intramolecular Hbond substituents is 2. The number of amides is 1. The van der Waals surface area contributed by atoms with E-state index in [2.05, 4.69) is 10.2 Å².